The number of rotatable bonds is 2. The molecule has 0 radical (unpaired) electrons. The maximum Gasteiger partial charge on any atom is 0.174 e. The summed E-state index contributed by atoms with van der Waals surface area (Å²) in [4.78, 5) is 8.96. The third-order valence-electron chi connectivity index (χ3n) is 3.44. The summed E-state index contributed by atoms with van der Waals surface area (Å²) in [5.74, 6) is 0.265. The van der Waals surface area contributed by atoms with Crippen LogP contribution in [0.5, 0.6) is 0 Å². The Labute approximate surface area is 152 Å². The van der Waals surface area contributed by atoms with E-state index in [4.69, 9.17) is 0 Å². The number of aromatic nitrogens is 5. The molecule has 8 heteroatoms. The van der Waals surface area contributed by atoms with Crippen molar-refractivity contribution in [3.8, 4) is 17.1 Å². The second-order valence-corrected chi connectivity index (χ2v) is 6.75. The van der Waals surface area contributed by atoms with Gasteiger partial charge in [-0.3, -0.25) is 4.98 Å². The van der Waals surface area contributed by atoms with E-state index in [0.717, 1.165) is 25.5 Å². The zero-order valence-electron chi connectivity index (χ0n) is 12.0. The molecule has 0 unspecified atom stereocenters. The Hall–Kier alpha value is -2.19. The molecular formula is C16H8Br2FN5. The van der Waals surface area contributed by atoms with Crippen LogP contribution in [0.15, 0.2) is 57.7 Å². The summed E-state index contributed by atoms with van der Waals surface area (Å²) in [6.07, 6.45) is 3.36. The molecule has 4 aromatic rings. The fourth-order valence-corrected chi connectivity index (χ4v) is 2.90. The molecule has 0 saturated carbocycles. The van der Waals surface area contributed by atoms with Crippen LogP contribution in [0.2, 0.25) is 0 Å². The Balaban J connectivity index is 1.75. The monoisotopic (exact) mass is 447 g/mol. The summed E-state index contributed by atoms with van der Waals surface area (Å²) in [6.45, 7) is 0. The SMILES string of the molecule is Fc1ccc(-c2cn(-c3cnc4cc(Br)c(Br)cc4n3)nn2)cc1. The van der Waals surface area contributed by atoms with Gasteiger partial charge in [-0.1, -0.05) is 5.21 Å². The first-order valence-corrected chi connectivity index (χ1v) is 8.49. The smallest absolute Gasteiger partial charge is 0.174 e. The molecule has 5 nitrogen and oxygen atoms in total. The van der Waals surface area contributed by atoms with Crippen molar-refractivity contribution in [2.75, 3.05) is 0 Å². The molecule has 118 valence electrons. The summed E-state index contributed by atoms with van der Waals surface area (Å²) >= 11 is 6.90. The molecule has 2 heterocycles. The lowest BCUT2D eigenvalue weighted by atomic mass is 10.2. The summed E-state index contributed by atoms with van der Waals surface area (Å²) in [5, 5.41) is 8.19. The van der Waals surface area contributed by atoms with Crippen molar-refractivity contribution in [2.45, 2.75) is 0 Å². The molecule has 0 aliphatic heterocycles. The van der Waals surface area contributed by atoms with E-state index >= 15 is 0 Å². The van der Waals surface area contributed by atoms with E-state index < -0.39 is 0 Å². The third kappa shape index (κ3) is 2.83. The molecule has 0 saturated heterocycles. The number of nitrogens with zero attached hydrogens (tertiary/aromatic N) is 5. The highest BCUT2D eigenvalue weighted by Crippen LogP contribution is 2.27. The fourth-order valence-electron chi connectivity index (χ4n) is 2.24. The maximum atomic E-state index is 13.0. The van der Waals surface area contributed by atoms with E-state index in [2.05, 4.69) is 52.1 Å². The molecule has 0 amide bonds. The summed E-state index contributed by atoms with van der Waals surface area (Å²) < 4.78 is 16.4. The van der Waals surface area contributed by atoms with E-state index in [1.165, 1.54) is 12.1 Å². The number of halogens is 3. The minimum absolute atomic E-state index is 0.289. The Morgan fingerprint density at radius 3 is 2.42 bits per heavy atom. The van der Waals surface area contributed by atoms with Gasteiger partial charge in [0, 0.05) is 14.5 Å². The summed E-state index contributed by atoms with van der Waals surface area (Å²) in [7, 11) is 0. The molecule has 2 aromatic carbocycles. The van der Waals surface area contributed by atoms with Gasteiger partial charge < -0.3 is 0 Å². The van der Waals surface area contributed by atoms with Gasteiger partial charge in [-0.25, -0.2) is 14.1 Å². The highest BCUT2D eigenvalue weighted by atomic mass is 79.9. The van der Waals surface area contributed by atoms with Crippen LogP contribution in [-0.4, -0.2) is 25.0 Å². The minimum atomic E-state index is -0.289. The molecule has 0 aliphatic carbocycles. The normalized spacial score (nSPS) is 11.1. The zero-order valence-corrected chi connectivity index (χ0v) is 15.2. The van der Waals surface area contributed by atoms with E-state index in [9.17, 15) is 4.39 Å². The van der Waals surface area contributed by atoms with Gasteiger partial charge in [0.2, 0.25) is 0 Å². The van der Waals surface area contributed by atoms with Crippen LogP contribution in [0.3, 0.4) is 0 Å². The van der Waals surface area contributed by atoms with Gasteiger partial charge in [0.1, 0.15) is 11.5 Å². The predicted molar refractivity (Wildman–Crippen MR) is 95.2 cm³/mol. The van der Waals surface area contributed by atoms with Gasteiger partial charge in [0.05, 0.1) is 23.4 Å². The van der Waals surface area contributed by atoms with E-state index in [-0.39, 0.29) is 5.82 Å². The second-order valence-electron chi connectivity index (χ2n) is 5.04. The fraction of sp³-hybridized carbons (Fsp3) is 0. The lowest BCUT2D eigenvalue weighted by Gasteiger charge is -2.03. The van der Waals surface area contributed by atoms with Crippen LogP contribution in [0.25, 0.3) is 28.1 Å². The molecule has 24 heavy (non-hydrogen) atoms. The first kappa shape index (κ1) is 15.3. The quantitative estimate of drug-likeness (QED) is 0.451. The van der Waals surface area contributed by atoms with Gasteiger partial charge in [-0.2, -0.15) is 0 Å². The average Bonchev–Trinajstić information content (AvgIpc) is 3.06. The van der Waals surface area contributed by atoms with Crippen LogP contribution in [0.1, 0.15) is 0 Å². The first-order valence-electron chi connectivity index (χ1n) is 6.90. The first-order chi connectivity index (χ1) is 11.6. The van der Waals surface area contributed by atoms with Crippen molar-refractivity contribution in [1.29, 1.82) is 0 Å². The van der Waals surface area contributed by atoms with Gasteiger partial charge in [0.15, 0.2) is 5.82 Å². The Morgan fingerprint density at radius 1 is 0.958 bits per heavy atom. The summed E-state index contributed by atoms with van der Waals surface area (Å²) in [6, 6.07) is 9.86. The highest BCUT2D eigenvalue weighted by Gasteiger charge is 2.09. The van der Waals surface area contributed by atoms with Crippen molar-refractivity contribution in [3.05, 3.63) is 63.6 Å². The Kier molecular flexibility index (Phi) is 3.85. The van der Waals surface area contributed by atoms with Crippen molar-refractivity contribution in [1.82, 2.24) is 25.0 Å². The second kappa shape index (κ2) is 6.03. The predicted octanol–water partition coefficient (Wildman–Crippen LogP) is 4.54. The average molecular weight is 449 g/mol. The highest BCUT2D eigenvalue weighted by molar-refractivity contribution is 9.13. The number of hydrogen-bond donors (Lipinski definition) is 0. The van der Waals surface area contributed by atoms with Crippen molar-refractivity contribution in [2.24, 2.45) is 0 Å². The molecule has 2 aromatic heterocycles. The summed E-state index contributed by atoms with van der Waals surface area (Å²) in [5.41, 5.74) is 2.92. The third-order valence-corrected chi connectivity index (χ3v) is 5.28. The molecule has 4 rings (SSSR count). The largest absolute Gasteiger partial charge is 0.251 e. The van der Waals surface area contributed by atoms with Crippen molar-refractivity contribution in [3.63, 3.8) is 0 Å². The van der Waals surface area contributed by atoms with Crippen LogP contribution >= 0.6 is 31.9 Å². The van der Waals surface area contributed by atoms with Gasteiger partial charge in [-0.05, 0) is 68.3 Å². The molecule has 0 fully saturated rings. The molecular weight excluding hydrogens is 441 g/mol. The standard InChI is InChI=1S/C16H8Br2FN5/c17-11-5-13-14(6-12(11)18)21-16(7-20-13)24-8-15(22-23-24)9-1-3-10(19)4-2-9/h1-8H. The van der Waals surface area contributed by atoms with Crippen LogP contribution < -0.4 is 0 Å². The zero-order chi connectivity index (χ0) is 16.7. The Morgan fingerprint density at radius 2 is 1.67 bits per heavy atom. The van der Waals surface area contributed by atoms with Crippen LogP contribution in [0, 0.1) is 5.82 Å². The van der Waals surface area contributed by atoms with E-state index in [0.29, 0.717) is 11.5 Å². The lowest BCUT2D eigenvalue weighted by molar-refractivity contribution is 0.628. The lowest BCUT2D eigenvalue weighted by Crippen LogP contribution is -2.00. The molecule has 0 spiro atoms. The molecule has 0 atom stereocenters. The van der Waals surface area contributed by atoms with Crippen molar-refractivity contribution >= 4 is 42.9 Å². The van der Waals surface area contributed by atoms with E-state index in [1.807, 2.05) is 12.1 Å². The molecule has 0 N–H and O–H groups in total. The van der Waals surface area contributed by atoms with Gasteiger partial charge in [0.25, 0.3) is 0 Å². The van der Waals surface area contributed by atoms with Crippen LogP contribution in [-0.2, 0) is 0 Å². The van der Waals surface area contributed by atoms with Crippen molar-refractivity contribution < 1.29 is 4.39 Å². The van der Waals surface area contributed by atoms with E-state index in [1.54, 1.807) is 29.2 Å². The minimum Gasteiger partial charge on any atom is -0.251 e. The maximum absolute atomic E-state index is 13.0. The van der Waals surface area contributed by atoms with Gasteiger partial charge >= 0.3 is 0 Å². The Bertz CT molecular complexity index is 1050. The number of fused-ring (bicyclic) bond motifs is 1. The topological polar surface area (TPSA) is 56.5 Å². The number of hydrogen-bond acceptors (Lipinski definition) is 4. The van der Waals surface area contributed by atoms with Gasteiger partial charge in [-0.15, -0.1) is 5.10 Å². The molecule has 0 bridgehead atoms. The van der Waals surface area contributed by atoms with Crippen LogP contribution in [0.4, 0.5) is 4.39 Å². The number of benzene rings is 2. The molecule has 0 aliphatic rings.